The highest BCUT2D eigenvalue weighted by Crippen LogP contribution is 2.21. The molecule has 0 fully saturated rings. The fourth-order valence-electron chi connectivity index (χ4n) is 1.96. The Labute approximate surface area is 99.7 Å². The number of likely N-dealkylation sites (N-methyl/N-ethyl adjacent to an activating group) is 2. The monoisotopic (exact) mass is 220 g/mol. The van der Waals surface area contributed by atoms with Gasteiger partial charge in [0.05, 0.1) is 0 Å². The summed E-state index contributed by atoms with van der Waals surface area (Å²) in [5.41, 5.74) is 1.39. The maximum absolute atomic E-state index is 3.28. The maximum atomic E-state index is 3.28. The van der Waals surface area contributed by atoms with Crippen LogP contribution in [0.3, 0.4) is 0 Å². The Balaban J connectivity index is 2.82. The average molecular weight is 220 g/mol. The Kier molecular flexibility index (Phi) is 5.50. The zero-order valence-corrected chi connectivity index (χ0v) is 10.9. The van der Waals surface area contributed by atoms with Crippen molar-refractivity contribution in [2.75, 3.05) is 20.6 Å². The molecule has 2 nitrogen and oxygen atoms in total. The van der Waals surface area contributed by atoms with Crippen LogP contribution >= 0.6 is 0 Å². The molecule has 1 N–H and O–H groups in total. The van der Waals surface area contributed by atoms with E-state index in [1.165, 1.54) is 12.0 Å². The van der Waals surface area contributed by atoms with Crippen molar-refractivity contribution in [3.05, 3.63) is 35.9 Å². The van der Waals surface area contributed by atoms with Crippen molar-refractivity contribution in [3.63, 3.8) is 0 Å². The van der Waals surface area contributed by atoms with Crippen LogP contribution in [0.25, 0.3) is 0 Å². The van der Waals surface area contributed by atoms with Gasteiger partial charge in [-0.2, -0.15) is 0 Å². The first kappa shape index (κ1) is 13.2. The van der Waals surface area contributed by atoms with Crippen LogP contribution in [0.5, 0.6) is 0 Å². The van der Waals surface area contributed by atoms with Crippen molar-refractivity contribution in [2.45, 2.75) is 32.4 Å². The van der Waals surface area contributed by atoms with Gasteiger partial charge in [0.2, 0.25) is 0 Å². The van der Waals surface area contributed by atoms with E-state index in [4.69, 9.17) is 0 Å². The second-order valence-corrected chi connectivity index (χ2v) is 4.41. The van der Waals surface area contributed by atoms with Crippen LogP contribution in [-0.4, -0.2) is 31.6 Å². The van der Waals surface area contributed by atoms with Crippen molar-refractivity contribution < 1.29 is 0 Å². The van der Waals surface area contributed by atoms with Gasteiger partial charge < -0.3 is 5.32 Å². The molecule has 1 aromatic rings. The van der Waals surface area contributed by atoms with Crippen molar-refractivity contribution in [2.24, 2.45) is 0 Å². The van der Waals surface area contributed by atoms with Gasteiger partial charge in [0, 0.05) is 18.6 Å². The predicted octanol–water partition coefficient (Wildman–Crippen LogP) is 2.68. The lowest BCUT2D eigenvalue weighted by molar-refractivity contribution is 0.178. The highest BCUT2D eigenvalue weighted by molar-refractivity contribution is 5.19. The van der Waals surface area contributed by atoms with Crippen LogP contribution < -0.4 is 5.32 Å². The van der Waals surface area contributed by atoms with Gasteiger partial charge >= 0.3 is 0 Å². The van der Waals surface area contributed by atoms with Crippen LogP contribution in [-0.2, 0) is 0 Å². The van der Waals surface area contributed by atoms with Crippen molar-refractivity contribution in [3.8, 4) is 0 Å². The Morgan fingerprint density at radius 2 is 1.88 bits per heavy atom. The molecule has 16 heavy (non-hydrogen) atoms. The first-order valence-corrected chi connectivity index (χ1v) is 6.12. The number of rotatable bonds is 6. The number of hydrogen-bond donors (Lipinski definition) is 1. The lowest BCUT2D eigenvalue weighted by atomic mass is 10.0. The van der Waals surface area contributed by atoms with Crippen LogP contribution in [0, 0.1) is 0 Å². The van der Waals surface area contributed by atoms with Crippen molar-refractivity contribution in [1.82, 2.24) is 10.2 Å². The minimum Gasteiger partial charge on any atom is -0.318 e. The molecule has 0 aliphatic carbocycles. The first-order chi connectivity index (χ1) is 7.70. The second kappa shape index (κ2) is 6.66. The third kappa shape index (κ3) is 3.32. The van der Waals surface area contributed by atoms with E-state index in [1.807, 2.05) is 7.05 Å². The van der Waals surface area contributed by atoms with Gasteiger partial charge in [-0.25, -0.2) is 0 Å². The number of nitrogens with zero attached hydrogens (tertiary/aromatic N) is 1. The summed E-state index contributed by atoms with van der Waals surface area (Å²) in [6.07, 6.45) is 1.18. The normalized spacial score (nSPS) is 15.1. The molecule has 2 heteroatoms. The Morgan fingerprint density at radius 3 is 2.38 bits per heavy atom. The Morgan fingerprint density at radius 1 is 1.25 bits per heavy atom. The molecule has 0 saturated heterocycles. The molecule has 2 atom stereocenters. The van der Waals surface area contributed by atoms with Crippen LogP contribution in [0.1, 0.15) is 31.9 Å². The van der Waals surface area contributed by atoms with Crippen LogP contribution in [0.2, 0.25) is 0 Å². The molecule has 1 aromatic carbocycles. The van der Waals surface area contributed by atoms with E-state index >= 15 is 0 Å². The molecule has 0 saturated carbocycles. The molecular weight excluding hydrogens is 196 g/mol. The SMILES string of the molecule is CCC(C)N(C)C(CNC)c1ccccc1. The molecule has 0 amide bonds. The van der Waals surface area contributed by atoms with Gasteiger partial charge in [0.15, 0.2) is 0 Å². The lowest BCUT2D eigenvalue weighted by Gasteiger charge is -2.33. The number of hydrogen-bond acceptors (Lipinski definition) is 2. The van der Waals surface area contributed by atoms with Gasteiger partial charge in [0.1, 0.15) is 0 Å². The molecule has 0 bridgehead atoms. The fourth-order valence-corrected chi connectivity index (χ4v) is 1.96. The van der Waals surface area contributed by atoms with E-state index in [0.29, 0.717) is 12.1 Å². The fraction of sp³-hybridized carbons (Fsp3) is 0.571. The van der Waals surface area contributed by atoms with Gasteiger partial charge in [-0.1, -0.05) is 37.3 Å². The molecule has 2 unspecified atom stereocenters. The Hall–Kier alpha value is -0.860. The third-order valence-electron chi connectivity index (χ3n) is 3.36. The summed E-state index contributed by atoms with van der Waals surface area (Å²) in [7, 11) is 4.23. The quantitative estimate of drug-likeness (QED) is 0.793. The van der Waals surface area contributed by atoms with E-state index in [1.54, 1.807) is 0 Å². The summed E-state index contributed by atoms with van der Waals surface area (Å²) < 4.78 is 0. The highest BCUT2D eigenvalue weighted by Gasteiger charge is 2.19. The molecule has 90 valence electrons. The standard InChI is InChI=1S/C14H24N2/c1-5-12(2)16(4)14(11-15-3)13-9-7-6-8-10-13/h6-10,12,14-15H,5,11H2,1-4H3. The highest BCUT2D eigenvalue weighted by atomic mass is 15.2. The largest absolute Gasteiger partial charge is 0.318 e. The van der Waals surface area contributed by atoms with Crippen LogP contribution in [0.4, 0.5) is 0 Å². The average Bonchev–Trinajstić information content (AvgIpc) is 2.35. The zero-order chi connectivity index (χ0) is 12.0. The van der Waals surface area contributed by atoms with E-state index in [0.717, 1.165) is 6.54 Å². The molecule has 0 radical (unpaired) electrons. The van der Waals surface area contributed by atoms with E-state index in [9.17, 15) is 0 Å². The zero-order valence-electron chi connectivity index (χ0n) is 10.9. The molecule has 0 spiro atoms. The lowest BCUT2D eigenvalue weighted by Crippen LogP contribution is -2.37. The predicted molar refractivity (Wildman–Crippen MR) is 70.6 cm³/mol. The van der Waals surface area contributed by atoms with Crippen molar-refractivity contribution >= 4 is 0 Å². The van der Waals surface area contributed by atoms with Crippen LogP contribution in [0.15, 0.2) is 30.3 Å². The third-order valence-corrected chi connectivity index (χ3v) is 3.36. The molecule has 0 aliphatic rings. The second-order valence-electron chi connectivity index (χ2n) is 4.41. The van der Waals surface area contributed by atoms with Gasteiger partial charge in [-0.05, 0) is 33.0 Å². The minimum atomic E-state index is 0.459. The summed E-state index contributed by atoms with van der Waals surface area (Å²) in [6.45, 7) is 5.51. The van der Waals surface area contributed by atoms with Gasteiger partial charge in [-0.3, -0.25) is 4.90 Å². The minimum absolute atomic E-state index is 0.459. The molecule has 1 rings (SSSR count). The summed E-state index contributed by atoms with van der Waals surface area (Å²) in [6, 6.07) is 11.8. The smallest absolute Gasteiger partial charge is 0.0472 e. The van der Waals surface area contributed by atoms with E-state index in [-0.39, 0.29) is 0 Å². The molecule has 0 aromatic heterocycles. The molecule has 0 aliphatic heterocycles. The molecular formula is C14H24N2. The van der Waals surface area contributed by atoms with E-state index < -0.39 is 0 Å². The van der Waals surface area contributed by atoms with Gasteiger partial charge in [-0.15, -0.1) is 0 Å². The molecule has 0 heterocycles. The topological polar surface area (TPSA) is 15.3 Å². The Bertz CT molecular complexity index is 284. The summed E-state index contributed by atoms with van der Waals surface area (Å²) >= 11 is 0. The summed E-state index contributed by atoms with van der Waals surface area (Å²) in [5, 5.41) is 3.28. The first-order valence-electron chi connectivity index (χ1n) is 6.12. The van der Waals surface area contributed by atoms with Gasteiger partial charge in [0.25, 0.3) is 0 Å². The van der Waals surface area contributed by atoms with E-state index in [2.05, 4.69) is 61.4 Å². The number of nitrogens with one attached hydrogen (secondary N) is 1. The van der Waals surface area contributed by atoms with Crippen molar-refractivity contribution in [1.29, 1.82) is 0 Å². The summed E-state index contributed by atoms with van der Waals surface area (Å²) in [4.78, 5) is 2.45. The maximum Gasteiger partial charge on any atom is 0.0472 e. The summed E-state index contributed by atoms with van der Waals surface area (Å²) in [5.74, 6) is 0. The number of benzene rings is 1.